The zero-order valence-corrected chi connectivity index (χ0v) is 13.9. The molecule has 0 aliphatic heterocycles. The Kier molecular flexibility index (Phi) is 4.64. The molecule has 0 unspecified atom stereocenters. The summed E-state index contributed by atoms with van der Waals surface area (Å²) in [4.78, 5) is 16.8. The first-order valence-electron chi connectivity index (χ1n) is 7.38. The van der Waals surface area contributed by atoms with E-state index in [2.05, 4.69) is 4.98 Å². The maximum absolute atomic E-state index is 12.0. The number of rotatable bonds is 4. The molecule has 0 aliphatic rings. The van der Waals surface area contributed by atoms with E-state index in [-0.39, 0.29) is 6.09 Å². The number of likely N-dealkylation sites (N-methyl/N-ethyl adjacent to an activating group) is 1. The molecule has 2 rings (SSSR count). The van der Waals surface area contributed by atoms with Gasteiger partial charge in [-0.15, -0.1) is 0 Å². The summed E-state index contributed by atoms with van der Waals surface area (Å²) in [6, 6.07) is 5.93. The van der Waals surface area contributed by atoms with Gasteiger partial charge in [0.25, 0.3) is 0 Å². The van der Waals surface area contributed by atoms with E-state index in [1.165, 1.54) is 0 Å². The zero-order valence-electron chi connectivity index (χ0n) is 13.9. The fraction of sp³-hybridized carbons (Fsp3) is 0.471. The van der Waals surface area contributed by atoms with Crippen LogP contribution in [-0.2, 0) is 11.2 Å². The molecule has 0 atom stereocenters. The molecule has 0 radical (unpaired) electrons. The Morgan fingerprint density at radius 3 is 2.68 bits per heavy atom. The molecule has 5 nitrogen and oxygen atoms in total. The molecule has 1 N–H and O–H groups in total. The molecule has 0 saturated heterocycles. The van der Waals surface area contributed by atoms with Crippen molar-refractivity contribution in [2.45, 2.75) is 32.8 Å². The van der Waals surface area contributed by atoms with Gasteiger partial charge in [0.1, 0.15) is 11.4 Å². The predicted octanol–water partition coefficient (Wildman–Crippen LogP) is 3.59. The number of aromatic amines is 1. The number of hydrogen-bond acceptors (Lipinski definition) is 3. The Balaban J connectivity index is 2.04. The van der Waals surface area contributed by atoms with Gasteiger partial charge in [-0.3, -0.25) is 0 Å². The Morgan fingerprint density at radius 2 is 2.05 bits per heavy atom. The maximum Gasteiger partial charge on any atom is 0.410 e. The van der Waals surface area contributed by atoms with E-state index in [9.17, 15) is 4.79 Å². The van der Waals surface area contributed by atoms with Crippen molar-refractivity contribution in [3.8, 4) is 5.75 Å². The van der Waals surface area contributed by atoms with Crippen molar-refractivity contribution in [2.75, 3.05) is 20.7 Å². The Bertz CT molecular complexity index is 655. The van der Waals surface area contributed by atoms with Crippen molar-refractivity contribution in [3.05, 3.63) is 30.0 Å². The number of amides is 1. The Labute approximate surface area is 131 Å². The number of hydrogen-bond donors (Lipinski definition) is 1. The summed E-state index contributed by atoms with van der Waals surface area (Å²) in [6.07, 6.45) is 2.43. The van der Waals surface area contributed by atoms with E-state index < -0.39 is 5.60 Å². The number of ether oxygens (including phenoxy) is 2. The monoisotopic (exact) mass is 304 g/mol. The number of nitrogens with zero attached hydrogens (tertiary/aromatic N) is 1. The standard InChI is InChI=1S/C17H24N2O3/c1-17(2,3)22-16(20)19(4)9-8-12-11-18-15-7-6-13(21-5)10-14(12)15/h6-7,10-11,18H,8-9H2,1-5H3. The number of nitrogens with one attached hydrogen (secondary N) is 1. The molecular formula is C17H24N2O3. The summed E-state index contributed by atoms with van der Waals surface area (Å²) >= 11 is 0. The first-order valence-corrected chi connectivity index (χ1v) is 7.38. The molecule has 0 aliphatic carbocycles. The highest BCUT2D eigenvalue weighted by molar-refractivity contribution is 5.84. The van der Waals surface area contributed by atoms with Gasteiger partial charge in [0.05, 0.1) is 7.11 Å². The lowest BCUT2D eigenvalue weighted by molar-refractivity contribution is 0.0301. The van der Waals surface area contributed by atoms with Gasteiger partial charge < -0.3 is 19.4 Å². The second-order valence-corrected chi connectivity index (χ2v) is 6.38. The van der Waals surface area contributed by atoms with Gasteiger partial charge in [0.15, 0.2) is 0 Å². The molecule has 0 saturated carbocycles. The molecular weight excluding hydrogens is 280 g/mol. The van der Waals surface area contributed by atoms with Crippen LogP contribution in [0.4, 0.5) is 4.79 Å². The third-order valence-electron chi connectivity index (χ3n) is 3.40. The summed E-state index contributed by atoms with van der Waals surface area (Å²) < 4.78 is 10.6. The summed E-state index contributed by atoms with van der Waals surface area (Å²) in [5.74, 6) is 0.828. The van der Waals surface area contributed by atoms with Gasteiger partial charge in [0.2, 0.25) is 0 Å². The van der Waals surface area contributed by atoms with Crippen LogP contribution < -0.4 is 4.74 Å². The summed E-state index contributed by atoms with van der Waals surface area (Å²) in [5.41, 5.74) is 1.75. The minimum Gasteiger partial charge on any atom is -0.497 e. The van der Waals surface area contributed by atoms with Crippen LogP contribution in [0.5, 0.6) is 5.75 Å². The molecule has 22 heavy (non-hydrogen) atoms. The molecule has 1 amide bonds. The van der Waals surface area contributed by atoms with Crippen molar-refractivity contribution >= 4 is 17.0 Å². The molecule has 0 bridgehead atoms. The van der Waals surface area contributed by atoms with Crippen molar-refractivity contribution in [3.63, 3.8) is 0 Å². The topological polar surface area (TPSA) is 54.6 Å². The predicted molar refractivity (Wildman–Crippen MR) is 87.4 cm³/mol. The third-order valence-corrected chi connectivity index (χ3v) is 3.40. The van der Waals surface area contributed by atoms with E-state index >= 15 is 0 Å². The largest absolute Gasteiger partial charge is 0.497 e. The maximum atomic E-state index is 12.0. The molecule has 0 fully saturated rings. The van der Waals surface area contributed by atoms with Crippen LogP contribution in [-0.4, -0.2) is 42.3 Å². The number of aromatic nitrogens is 1. The number of fused-ring (bicyclic) bond motifs is 1. The van der Waals surface area contributed by atoms with Crippen molar-refractivity contribution < 1.29 is 14.3 Å². The lowest BCUT2D eigenvalue weighted by Gasteiger charge is -2.24. The lowest BCUT2D eigenvalue weighted by Crippen LogP contribution is -2.35. The van der Waals surface area contributed by atoms with Crippen molar-refractivity contribution in [1.82, 2.24) is 9.88 Å². The van der Waals surface area contributed by atoms with Crippen LogP contribution >= 0.6 is 0 Å². The van der Waals surface area contributed by atoms with Gasteiger partial charge in [-0.05, 0) is 51.0 Å². The van der Waals surface area contributed by atoms with Gasteiger partial charge in [0, 0.05) is 30.7 Å². The highest BCUT2D eigenvalue weighted by atomic mass is 16.6. The van der Waals surface area contributed by atoms with Crippen LogP contribution in [0.2, 0.25) is 0 Å². The van der Waals surface area contributed by atoms with Crippen LogP contribution in [0.15, 0.2) is 24.4 Å². The second kappa shape index (κ2) is 6.30. The SMILES string of the molecule is COc1ccc2[nH]cc(CCN(C)C(=O)OC(C)(C)C)c2c1. The lowest BCUT2D eigenvalue weighted by atomic mass is 10.1. The quantitative estimate of drug-likeness (QED) is 0.939. The van der Waals surface area contributed by atoms with Crippen LogP contribution in [0.25, 0.3) is 10.9 Å². The minimum atomic E-state index is -0.473. The Hall–Kier alpha value is -2.17. The number of carbonyl (C=O) groups excluding carboxylic acids is 1. The van der Waals surface area contributed by atoms with E-state index in [4.69, 9.17) is 9.47 Å². The molecule has 120 valence electrons. The highest BCUT2D eigenvalue weighted by Gasteiger charge is 2.19. The number of carbonyl (C=O) groups is 1. The molecule has 0 spiro atoms. The first kappa shape index (κ1) is 16.2. The summed E-state index contributed by atoms with van der Waals surface area (Å²) in [5, 5.41) is 1.12. The van der Waals surface area contributed by atoms with Crippen molar-refractivity contribution in [1.29, 1.82) is 0 Å². The van der Waals surface area contributed by atoms with Gasteiger partial charge in [-0.1, -0.05) is 0 Å². The van der Waals surface area contributed by atoms with Crippen LogP contribution in [0.3, 0.4) is 0 Å². The molecule has 1 heterocycles. The Morgan fingerprint density at radius 1 is 1.32 bits per heavy atom. The smallest absolute Gasteiger partial charge is 0.410 e. The normalized spacial score (nSPS) is 11.5. The van der Waals surface area contributed by atoms with Crippen LogP contribution in [0.1, 0.15) is 26.3 Å². The van der Waals surface area contributed by atoms with Crippen molar-refractivity contribution in [2.24, 2.45) is 0 Å². The number of benzene rings is 1. The average Bonchev–Trinajstić information content (AvgIpc) is 2.85. The van der Waals surface area contributed by atoms with Crippen LogP contribution in [0, 0.1) is 0 Å². The highest BCUT2D eigenvalue weighted by Crippen LogP contribution is 2.24. The van der Waals surface area contributed by atoms with E-state index in [1.807, 2.05) is 45.2 Å². The molecule has 1 aromatic heterocycles. The molecule has 2 aromatic rings. The molecule has 5 heteroatoms. The fourth-order valence-electron chi connectivity index (χ4n) is 2.21. The van der Waals surface area contributed by atoms with Gasteiger partial charge in [-0.2, -0.15) is 0 Å². The van der Waals surface area contributed by atoms with Gasteiger partial charge >= 0.3 is 6.09 Å². The number of H-pyrrole nitrogens is 1. The zero-order chi connectivity index (χ0) is 16.3. The van der Waals surface area contributed by atoms with E-state index in [1.54, 1.807) is 19.1 Å². The summed E-state index contributed by atoms with van der Waals surface area (Å²) in [7, 11) is 3.41. The third kappa shape index (κ3) is 3.93. The molecule has 1 aromatic carbocycles. The van der Waals surface area contributed by atoms with E-state index in [0.717, 1.165) is 28.6 Å². The fourth-order valence-corrected chi connectivity index (χ4v) is 2.21. The second-order valence-electron chi connectivity index (χ2n) is 6.38. The minimum absolute atomic E-state index is 0.301. The number of methoxy groups -OCH3 is 1. The van der Waals surface area contributed by atoms with Gasteiger partial charge in [-0.25, -0.2) is 4.79 Å². The first-order chi connectivity index (χ1) is 10.3. The van der Waals surface area contributed by atoms with E-state index in [0.29, 0.717) is 6.54 Å². The average molecular weight is 304 g/mol. The summed E-state index contributed by atoms with van der Waals surface area (Å²) in [6.45, 7) is 6.19.